The van der Waals surface area contributed by atoms with E-state index in [-0.39, 0.29) is 24.0 Å². The summed E-state index contributed by atoms with van der Waals surface area (Å²) >= 11 is 0. The first-order chi connectivity index (χ1) is 13.3. The first-order valence-corrected chi connectivity index (χ1v) is 9.55. The van der Waals surface area contributed by atoms with Gasteiger partial charge in [-0.2, -0.15) is 5.10 Å². The molecular formula is C19H30IN7O. The molecule has 1 atom stereocenters. The lowest BCUT2D eigenvalue weighted by Gasteiger charge is -2.32. The molecule has 1 aliphatic rings. The van der Waals surface area contributed by atoms with Crippen molar-refractivity contribution in [3.8, 4) is 11.4 Å². The topological polar surface area (TPSA) is 90.5 Å². The van der Waals surface area contributed by atoms with E-state index in [0.717, 1.165) is 62.3 Å². The maximum atomic E-state index is 5.43. The predicted molar refractivity (Wildman–Crippen MR) is 122 cm³/mol. The number of aromatic nitrogens is 3. The predicted octanol–water partition coefficient (Wildman–Crippen LogP) is 1.87. The second-order valence-electron chi connectivity index (χ2n) is 6.61. The number of nitrogens with one attached hydrogen (secondary N) is 3. The van der Waals surface area contributed by atoms with Gasteiger partial charge >= 0.3 is 0 Å². The van der Waals surface area contributed by atoms with E-state index in [1.807, 2.05) is 12.1 Å². The van der Waals surface area contributed by atoms with Gasteiger partial charge < -0.3 is 15.4 Å². The molecule has 0 radical (unpaired) electrons. The minimum atomic E-state index is 0. The molecule has 0 saturated carbocycles. The molecule has 1 unspecified atom stereocenters. The lowest BCUT2D eigenvalue weighted by atomic mass is 10.1. The van der Waals surface area contributed by atoms with Gasteiger partial charge in [0, 0.05) is 37.8 Å². The quantitative estimate of drug-likeness (QED) is 0.306. The van der Waals surface area contributed by atoms with Crippen LogP contribution in [0.2, 0.25) is 0 Å². The van der Waals surface area contributed by atoms with Crippen molar-refractivity contribution in [3.63, 3.8) is 0 Å². The average Bonchev–Trinajstić information content (AvgIpc) is 3.26. The smallest absolute Gasteiger partial charge is 0.191 e. The summed E-state index contributed by atoms with van der Waals surface area (Å²) in [6.07, 6.45) is 1.52. The van der Waals surface area contributed by atoms with Crippen molar-refractivity contribution in [1.29, 1.82) is 0 Å². The Kier molecular flexibility index (Phi) is 9.65. The zero-order valence-corrected chi connectivity index (χ0v) is 18.8. The molecular weight excluding hydrogens is 469 g/mol. The Morgan fingerprint density at radius 1 is 1.32 bits per heavy atom. The summed E-state index contributed by atoms with van der Waals surface area (Å²) in [5.74, 6) is 1.60. The third-order valence-corrected chi connectivity index (χ3v) is 4.61. The van der Waals surface area contributed by atoms with Crippen LogP contribution in [0, 0.1) is 0 Å². The third-order valence-electron chi connectivity index (χ3n) is 4.61. The van der Waals surface area contributed by atoms with Crippen LogP contribution in [0.15, 0.2) is 35.6 Å². The minimum Gasteiger partial charge on any atom is -0.379 e. The van der Waals surface area contributed by atoms with E-state index in [4.69, 9.17) is 9.73 Å². The number of ether oxygens (including phenoxy) is 1. The third kappa shape index (κ3) is 6.71. The van der Waals surface area contributed by atoms with Crippen molar-refractivity contribution in [2.45, 2.75) is 26.4 Å². The van der Waals surface area contributed by atoms with Crippen molar-refractivity contribution in [3.05, 3.63) is 36.2 Å². The normalized spacial score (nSPS) is 16.3. The van der Waals surface area contributed by atoms with E-state index in [2.05, 4.69) is 56.7 Å². The molecule has 1 fully saturated rings. The SMILES string of the molecule is CCNC(=NCc1cccc(-c2ncn[nH]2)c1)NCC(C)N1CCOCC1.I. The highest BCUT2D eigenvalue weighted by Gasteiger charge is 2.17. The number of rotatable bonds is 7. The van der Waals surface area contributed by atoms with Gasteiger partial charge in [-0.05, 0) is 25.5 Å². The van der Waals surface area contributed by atoms with Gasteiger partial charge in [-0.15, -0.1) is 24.0 Å². The van der Waals surface area contributed by atoms with Crippen molar-refractivity contribution in [2.75, 3.05) is 39.4 Å². The summed E-state index contributed by atoms with van der Waals surface area (Å²) < 4.78 is 5.43. The summed E-state index contributed by atoms with van der Waals surface area (Å²) in [5, 5.41) is 13.6. The number of H-pyrrole nitrogens is 1. The van der Waals surface area contributed by atoms with Crippen molar-refractivity contribution in [2.24, 2.45) is 4.99 Å². The van der Waals surface area contributed by atoms with Crippen LogP contribution >= 0.6 is 24.0 Å². The molecule has 154 valence electrons. The van der Waals surface area contributed by atoms with Gasteiger partial charge in [0.2, 0.25) is 0 Å². The minimum absolute atomic E-state index is 0. The zero-order valence-electron chi connectivity index (χ0n) is 16.5. The van der Waals surface area contributed by atoms with E-state index in [9.17, 15) is 0 Å². The van der Waals surface area contributed by atoms with Gasteiger partial charge in [0.05, 0.1) is 19.8 Å². The van der Waals surface area contributed by atoms with Gasteiger partial charge in [0.25, 0.3) is 0 Å². The monoisotopic (exact) mass is 499 g/mol. The number of hydrogen-bond acceptors (Lipinski definition) is 5. The summed E-state index contributed by atoms with van der Waals surface area (Å²) in [5.41, 5.74) is 2.14. The lowest BCUT2D eigenvalue weighted by Crippen LogP contribution is -2.49. The Bertz CT molecular complexity index is 717. The van der Waals surface area contributed by atoms with Gasteiger partial charge in [0.15, 0.2) is 11.8 Å². The molecule has 2 heterocycles. The van der Waals surface area contributed by atoms with Crippen molar-refractivity contribution in [1.82, 2.24) is 30.7 Å². The number of halogens is 1. The largest absolute Gasteiger partial charge is 0.379 e. The Balaban J connectivity index is 0.00000280. The molecule has 1 aromatic heterocycles. The molecule has 3 rings (SSSR count). The highest BCUT2D eigenvalue weighted by molar-refractivity contribution is 14.0. The molecule has 0 spiro atoms. The highest BCUT2D eigenvalue weighted by Crippen LogP contribution is 2.15. The number of nitrogens with zero attached hydrogens (tertiary/aromatic N) is 4. The van der Waals surface area contributed by atoms with Crippen molar-refractivity contribution < 1.29 is 4.74 Å². The zero-order chi connectivity index (χ0) is 18.9. The Morgan fingerprint density at radius 3 is 2.86 bits per heavy atom. The molecule has 1 aromatic carbocycles. The number of aromatic amines is 1. The first kappa shape index (κ1) is 22.6. The number of benzene rings is 1. The van der Waals surface area contributed by atoms with E-state index in [0.29, 0.717) is 12.6 Å². The fourth-order valence-electron chi connectivity index (χ4n) is 3.07. The van der Waals surface area contributed by atoms with Crippen LogP contribution in [0.1, 0.15) is 19.4 Å². The average molecular weight is 499 g/mol. The summed E-state index contributed by atoms with van der Waals surface area (Å²) in [4.78, 5) is 11.4. The number of aliphatic imine (C=N–C) groups is 1. The molecule has 1 aliphatic heterocycles. The van der Waals surface area contributed by atoms with E-state index in [1.165, 1.54) is 6.33 Å². The van der Waals surface area contributed by atoms with Crippen LogP contribution in [-0.2, 0) is 11.3 Å². The second-order valence-corrected chi connectivity index (χ2v) is 6.61. The maximum absolute atomic E-state index is 5.43. The van der Waals surface area contributed by atoms with Crippen molar-refractivity contribution >= 4 is 29.9 Å². The van der Waals surface area contributed by atoms with Crippen LogP contribution in [0.4, 0.5) is 0 Å². The Morgan fingerprint density at radius 2 is 2.14 bits per heavy atom. The van der Waals surface area contributed by atoms with Gasteiger partial charge in [-0.25, -0.2) is 9.98 Å². The molecule has 8 nitrogen and oxygen atoms in total. The number of morpholine rings is 1. The molecule has 2 aromatic rings. The fourth-order valence-corrected chi connectivity index (χ4v) is 3.07. The molecule has 3 N–H and O–H groups in total. The fraction of sp³-hybridized carbons (Fsp3) is 0.526. The Hall–Kier alpha value is -1.72. The molecule has 28 heavy (non-hydrogen) atoms. The summed E-state index contributed by atoms with van der Waals surface area (Å²) in [6.45, 7) is 10.2. The standard InChI is InChI=1S/C19H29N7O.HI/c1-3-20-19(21-12-15(2)26-7-9-27-10-8-26)22-13-16-5-4-6-17(11-16)18-23-14-24-25-18;/h4-6,11,14-15H,3,7-10,12-13H2,1-2H3,(H2,20,21,22)(H,23,24,25);1H. The van der Waals surface area contributed by atoms with E-state index >= 15 is 0 Å². The molecule has 1 saturated heterocycles. The second kappa shape index (κ2) is 12.0. The highest BCUT2D eigenvalue weighted by atomic mass is 127. The van der Waals surface area contributed by atoms with Gasteiger partial charge in [-0.3, -0.25) is 10.00 Å². The van der Waals surface area contributed by atoms with Crippen LogP contribution in [0.25, 0.3) is 11.4 Å². The van der Waals surface area contributed by atoms with E-state index in [1.54, 1.807) is 0 Å². The van der Waals surface area contributed by atoms with Crippen LogP contribution in [0.3, 0.4) is 0 Å². The maximum Gasteiger partial charge on any atom is 0.191 e. The number of guanidine groups is 1. The van der Waals surface area contributed by atoms with Crippen LogP contribution < -0.4 is 10.6 Å². The van der Waals surface area contributed by atoms with Crippen LogP contribution in [-0.4, -0.2) is 71.5 Å². The lowest BCUT2D eigenvalue weighted by molar-refractivity contribution is 0.0211. The molecule has 0 amide bonds. The van der Waals surface area contributed by atoms with E-state index < -0.39 is 0 Å². The molecule has 0 aliphatic carbocycles. The summed E-state index contributed by atoms with van der Waals surface area (Å²) in [7, 11) is 0. The Labute approximate surface area is 183 Å². The first-order valence-electron chi connectivity index (χ1n) is 9.55. The van der Waals surface area contributed by atoms with Gasteiger partial charge in [0.1, 0.15) is 6.33 Å². The molecule has 9 heteroatoms. The van der Waals surface area contributed by atoms with Crippen LogP contribution in [0.5, 0.6) is 0 Å². The molecule has 0 bridgehead atoms. The summed E-state index contributed by atoms with van der Waals surface area (Å²) in [6, 6.07) is 8.63. The van der Waals surface area contributed by atoms with Gasteiger partial charge in [-0.1, -0.05) is 18.2 Å². The number of hydrogen-bond donors (Lipinski definition) is 3.